The van der Waals surface area contributed by atoms with Gasteiger partial charge in [-0.2, -0.15) is 0 Å². The molecule has 0 aromatic heterocycles. The maximum atomic E-state index is 12.4. The Morgan fingerprint density at radius 3 is 2.62 bits per heavy atom. The van der Waals surface area contributed by atoms with Crippen LogP contribution in [-0.2, 0) is 9.53 Å². The SMILES string of the molecule is COc1ccc(OC)c(NC(C)C(=O)N2CCOCC2)c1. The molecule has 1 aliphatic rings. The van der Waals surface area contributed by atoms with Crippen LogP contribution >= 0.6 is 0 Å². The molecule has 0 spiro atoms. The minimum Gasteiger partial charge on any atom is -0.497 e. The molecule has 2 rings (SSSR count). The molecule has 1 N–H and O–H groups in total. The Labute approximate surface area is 125 Å². The average molecular weight is 294 g/mol. The standard InChI is InChI=1S/C15H22N2O4/c1-11(15(18)17-6-8-21-9-7-17)16-13-10-12(19-2)4-5-14(13)20-3/h4-5,10-11,16H,6-9H2,1-3H3. The lowest BCUT2D eigenvalue weighted by Gasteiger charge is -2.30. The van der Waals surface area contributed by atoms with E-state index in [0.29, 0.717) is 37.8 Å². The Morgan fingerprint density at radius 2 is 2.00 bits per heavy atom. The predicted molar refractivity (Wildman–Crippen MR) is 80.0 cm³/mol. The van der Waals surface area contributed by atoms with E-state index in [1.54, 1.807) is 14.2 Å². The molecule has 1 atom stereocenters. The van der Waals surface area contributed by atoms with Crippen molar-refractivity contribution in [3.8, 4) is 11.5 Å². The van der Waals surface area contributed by atoms with Gasteiger partial charge in [-0.05, 0) is 19.1 Å². The molecular formula is C15H22N2O4. The molecule has 21 heavy (non-hydrogen) atoms. The van der Waals surface area contributed by atoms with E-state index in [9.17, 15) is 4.79 Å². The third kappa shape index (κ3) is 3.78. The molecule has 1 aromatic rings. The summed E-state index contributed by atoms with van der Waals surface area (Å²) in [5.41, 5.74) is 0.742. The number of nitrogens with zero attached hydrogens (tertiary/aromatic N) is 1. The summed E-state index contributed by atoms with van der Waals surface area (Å²) in [5, 5.41) is 3.20. The topological polar surface area (TPSA) is 60.0 Å². The molecule has 116 valence electrons. The quantitative estimate of drug-likeness (QED) is 0.888. The number of benzene rings is 1. The summed E-state index contributed by atoms with van der Waals surface area (Å²) in [6.45, 7) is 4.32. The third-order valence-corrected chi connectivity index (χ3v) is 3.47. The maximum absolute atomic E-state index is 12.4. The van der Waals surface area contributed by atoms with Crippen LogP contribution in [0, 0.1) is 0 Å². The first-order chi connectivity index (χ1) is 10.2. The van der Waals surface area contributed by atoms with Crippen LogP contribution in [0.1, 0.15) is 6.92 Å². The van der Waals surface area contributed by atoms with E-state index in [1.807, 2.05) is 30.0 Å². The highest BCUT2D eigenvalue weighted by atomic mass is 16.5. The normalized spacial score (nSPS) is 16.2. The number of morpholine rings is 1. The first-order valence-electron chi connectivity index (χ1n) is 7.01. The van der Waals surface area contributed by atoms with Gasteiger partial charge in [0.15, 0.2) is 0 Å². The summed E-state index contributed by atoms with van der Waals surface area (Å²) in [7, 11) is 3.20. The zero-order valence-corrected chi connectivity index (χ0v) is 12.7. The van der Waals surface area contributed by atoms with Crippen LogP contribution in [-0.4, -0.2) is 57.4 Å². The minimum absolute atomic E-state index is 0.0585. The lowest BCUT2D eigenvalue weighted by Crippen LogP contribution is -2.47. The largest absolute Gasteiger partial charge is 0.497 e. The molecule has 0 aliphatic carbocycles. The molecule has 1 saturated heterocycles. The number of anilines is 1. The lowest BCUT2D eigenvalue weighted by molar-refractivity contribution is -0.135. The van der Waals surface area contributed by atoms with E-state index in [-0.39, 0.29) is 11.9 Å². The Balaban J connectivity index is 2.07. The molecule has 1 heterocycles. The van der Waals surface area contributed by atoms with Crippen molar-refractivity contribution >= 4 is 11.6 Å². The van der Waals surface area contributed by atoms with Gasteiger partial charge in [0.25, 0.3) is 0 Å². The number of carbonyl (C=O) groups excluding carboxylic acids is 1. The fourth-order valence-corrected chi connectivity index (χ4v) is 2.28. The van der Waals surface area contributed by atoms with Crippen molar-refractivity contribution in [2.24, 2.45) is 0 Å². The van der Waals surface area contributed by atoms with Gasteiger partial charge in [-0.25, -0.2) is 0 Å². The van der Waals surface area contributed by atoms with Gasteiger partial charge in [-0.15, -0.1) is 0 Å². The summed E-state index contributed by atoms with van der Waals surface area (Å²) >= 11 is 0. The first kappa shape index (κ1) is 15.4. The van der Waals surface area contributed by atoms with Crippen molar-refractivity contribution in [1.29, 1.82) is 0 Å². The summed E-state index contributed by atoms with van der Waals surface area (Å²) in [5.74, 6) is 1.45. The number of rotatable bonds is 5. The van der Waals surface area contributed by atoms with Gasteiger partial charge in [-0.1, -0.05) is 0 Å². The molecule has 1 unspecified atom stereocenters. The highest BCUT2D eigenvalue weighted by Gasteiger charge is 2.23. The predicted octanol–water partition coefficient (Wildman–Crippen LogP) is 1.36. The first-order valence-corrected chi connectivity index (χ1v) is 7.01. The molecule has 1 amide bonds. The monoisotopic (exact) mass is 294 g/mol. The smallest absolute Gasteiger partial charge is 0.244 e. The van der Waals surface area contributed by atoms with Gasteiger partial charge in [0.2, 0.25) is 5.91 Å². The molecular weight excluding hydrogens is 272 g/mol. The van der Waals surface area contributed by atoms with Crippen LogP contribution in [0.2, 0.25) is 0 Å². The van der Waals surface area contributed by atoms with Crippen LogP contribution in [0.15, 0.2) is 18.2 Å². The van der Waals surface area contributed by atoms with E-state index in [4.69, 9.17) is 14.2 Å². The zero-order chi connectivity index (χ0) is 15.2. The third-order valence-electron chi connectivity index (χ3n) is 3.47. The fraction of sp³-hybridized carbons (Fsp3) is 0.533. The molecule has 0 bridgehead atoms. The van der Waals surface area contributed by atoms with Gasteiger partial charge in [-0.3, -0.25) is 4.79 Å². The van der Waals surface area contributed by atoms with Gasteiger partial charge in [0, 0.05) is 19.2 Å². The number of methoxy groups -OCH3 is 2. The van der Waals surface area contributed by atoms with Crippen LogP contribution < -0.4 is 14.8 Å². The van der Waals surface area contributed by atoms with Gasteiger partial charge in [0.05, 0.1) is 33.1 Å². The van der Waals surface area contributed by atoms with Gasteiger partial charge in [0.1, 0.15) is 17.5 Å². The highest BCUT2D eigenvalue weighted by molar-refractivity contribution is 5.85. The van der Waals surface area contributed by atoms with Crippen molar-refractivity contribution < 1.29 is 19.0 Å². The second kappa shape index (κ2) is 7.17. The second-order valence-corrected chi connectivity index (χ2v) is 4.87. The minimum atomic E-state index is -0.343. The lowest BCUT2D eigenvalue weighted by atomic mass is 10.2. The fourth-order valence-electron chi connectivity index (χ4n) is 2.28. The van der Waals surface area contributed by atoms with E-state index in [0.717, 1.165) is 5.69 Å². The molecule has 1 fully saturated rings. The second-order valence-electron chi connectivity index (χ2n) is 4.87. The molecule has 6 heteroatoms. The maximum Gasteiger partial charge on any atom is 0.244 e. The van der Waals surface area contributed by atoms with Crippen molar-refractivity contribution in [2.75, 3.05) is 45.8 Å². The van der Waals surface area contributed by atoms with Crippen molar-refractivity contribution in [3.05, 3.63) is 18.2 Å². The van der Waals surface area contributed by atoms with Gasteiger partial charge < -0.3 is 24.4 Å². The Kier molecular flexibility index (Phi) is 5.27. The number of carbonyl (C=O) groups is 1. The Hall–Kier alpha value is -1.95. The molecule has 1 aliphatic heterocycles. The number of nitrogens with one attached hydrogen (secondary N) is 1. The van der Waals surface area contributed by atoms with Gasteiger partial charge >= 0.3 is 0 Å². The summed E-state index contributed by atoms with van der Waals surface area (Å²) in [6.07, 6.45) is 0. The number of amides is 1. The van der Waals surface area contributed by atoms with E-state index >= 15 is 0 Å². The van der Waals surface area contributed by atoms with Crippen LogP contribution in [0.5, 0.6) is 11.5 Å². The van der Waals surface area contributed by atoms with Crippen LogP contribution in [0.3, 0.4) is 0 Å². The Morgan fingerprint density at radius 1 is 1.29 bits per heavy atom. The number of hydrogen-bond acceptors (Lipinski definition) is 5. The summed E-state index contributed by atoms with van der Waals surface area (Å²) < 4.78 is 15.8. The van der Waals surface area contributed by atoms with Crippen molar-refractivity contribution in [2.45, 2.75) is 13.0 Å². The summed E-state index contributed by atoms with van der Waals surface area (Å²) in [4.78, 5) is 14.2. The van der Waals surface area contributed by atoms with E-state index in [2.05, 4.69) is 5.32 Å². The van der Waals surface area contributed by atoms with E-state index < -0.39 is 0 Å². The Bertz CT molecular complexity index is 487. The number of ether oxygens (including phenoxy) is 3. The van der Waals surface area contributed by atoms with E-state index in [1.165, 1.54) is 0 Å². The van der Waals surface area contributed by atoms with Crippen LogP contribution in [0.4, 0.5) is 5.69 Å². The van der Waals surface area contributed by atoms with Crippen LogP contribution in [0.25, 0.3) is 0 Å². The molecule has 6 nitrogen and oxygen atoms in total. The molecule has 0 saturated carbocycles. The molecule has 0 radical (unpaired) electrons. The highest BCUT2D eigenvalue weighted by Crippen LogP contribution is 2.29. The average Bonchev–Trinajstić information content (AvgIpc) is 2.54. The van der Waals surface area contributed by atoms with Crippen molar-refractivity contribution in [1.82, 2.24) is 4.90 Å². The molecule has 1 aromatic carbocycles. The zero-order valence-electron chi connectivity index (χ0n) is 12.7. The van der Waals surface area contributed by atoms with Crippen molar-refractivity contribution in [3.63, 3.8) is 0 Å². The summed E-state index contributed by atoms with van der Waals surface area (Å²) in [6, 6.07) is 5.11. The number of hydrogen-bond donors (Lipinski definition) is 1.